The van der Waals surface area contributed by atoms with Crippen molar-refractivity contribution >= 4 is 5.91 Å². The van der Waals surface area contributed by atoms with Crippen LogP contribution in [0.3, 0.4) is 0 Å². The van der Waals surface area contributed by atoms with Crippen LogP contribution in [0.25, 0.3) is 0 Å². The van der Waals surface area contributed by atoms with Gasteiger partial charge in [0.05, 0.1) is 18.8 Å². The molecule has 0 saturated heterocycles. The fraction of sp³-hybridized carbons (Fsp3) is 0.878. The smallest absolute Gasteiger partial charge is 0.249 e. The second kappa shape index (κ2) is 68.1. The predicted octanol–water partition coefficient (Wildman–Crippen LogP) is 22.4. The average molecular weight is 1120 g/mol. The molecule has 0 aromatic carbocycles. The fourth-order valence-electron chi connectivity index (χ4n) is 11.4. The number of rotatable bonds is 67. The molecule has 4 unspecified atom stereocenters. The van der Waals surface area contributed by atoms with Crippen LogP contribution >= 0.6 is 0 Å². The first kappa shape index (κ1) is 78.3. The standard InChI is InChI=1S/C74H141NO5/c1-3-5-7-9-11-13-15-17-19-21-23-25-27-29-31-33-34-35-36-37-38-39-40-42-44-46-48-50-52-54-56-58-60-62-64-66-68-72(78)74(80)75-70(69-76)73(79)71(77)67-65-63-61-59-57-55-53-51-49-47-45-43-41-32-30-28-26-24-22-20-18-16-14-12-10-8-6-4-2/h35-36,43,45,51,53,59,61,70-73,76-79H,3-34,37-42,44,46-50,52,54-58,60,62-69H2,1-2H3,(H,75,80)/b36-35-,45-43+,53-51+,61-59+. The summed E-state index contributed by atoms with van der Waals surface area (Å²) < 4.78 is 0. The number of unbranched alkanes of at least 4 members (excludes halogenated alkanes) is 50. The second-order valence-corrected chi connectivity index (χ2v) is 24.9. The Bertz CT molecular complexity index is 1310. The molecule has 0 heterocycles. The molecule has 0 aliphatic rings. The van der Waals surface area contributed by atoms with E-state index < -0.39 is 36.9 Å². The molecular weight excluding hydrogens is 983 g/mol. The summed E-state index contributed by atoms with van der Waals surface area (Å²) >= 11 is 0. The first-order valence-corrected chi connectivity index (χ1v) is 36.0. The van der Waals surface area contributed by atoms with E-state index in [1.165, 1.54) is 302 Å². The van der Waals surface area contributed by atoms with Crippen molar-refractivity contribution < 1.29 is 25.2 Å². The molecule has 0 rings (SSSR count). The third-order valence-corrected chi connectivity index (χ3v) is 17.0. The molecule has 5 N–H and O–H groups in total. The monoisotopic (exact) mass is 1120 g/mol. The number of aliphatic hydroxyl groups is 4. The highest BCUT2D eigenvalue weighted by Gasteiger charge is 2.28. The fourth-order valence-corrected chi connectivity index (χ4v) is 11.4. The number of aliphatic hydroxyl groups excluding tert-OH is 4. The maximum Gasteiger partial charge on any atom is 0.249 e. The Balaban J connectivity index is 3.59. The molecule has 80 heavy (non-hydrogen) atoms. The lowest BCUT2D eigenvalue weighted by Gasteiger charge is -2.27. The number of carbonyl (C=O) groups excluding carboxylic acids is 1. The van der Waals surface area contributed by atoms with Crippen LogP contribution in [0.2, 0.25) is 0 Å². The highest BCUT2D eigenvalue weighted by molar-refractivity contribution is 5.80. The molecule has 472 valence electrons. The summed E-state index contributed by atoms with van der Waals surface area (Å²) in [6.45, 7) is 4.09. The zero-order valence-electron chi connectivity index (χ0n) is 53.8. The topological polar surface area (TPSA) is 110 Å². The van der Waals surface area contributed by atoms with Crippen LogP contribution in [0.5, 0.6) is 0 Å². The van der Waals surface area contributed by atoms with E-state index >= 15 is 0 Å². The van der Waals surface area contributed by atoms with Gasteiger partial charge in [0.2, 0.25) is 5.91 Å². The van der Waals surface area contributed by atoms with E-state index in [1.54, 1.807) is 0 Å². The molecule has 0 saturated carbocycles. The average Bonchev–Trinajstić information content (AvgIpc) is 3.46. The lowest BCUT2D eigenvalue weighted by atomic mass is 10.00. The van der Waals surface area contributed by atoms with Gasteiger partial charge in [-0.1, -0.05) is 345 Å². The van der Waals surface area contributed by atoms with E-state index in [1.807, 2.05) is 0 Å². The number of carbonyl (C=O) groups is 1. The predicted molar refractivity (Wildman–Crippen MR) is 353 cm³/mol. The highest BCUT2D eigenvalue weighted by atomic mass is 16.3. The lowest BCUT2D eigenvalue weighted by Crippen LogP contribution is -2.53. The molecular formula is C74H141NO5. The number of amides is 1. The molecule has 0 aromatic rings. The van der Waals surface area contributed by atoms with Gasteiger partial charge in [-0.3, -0.25) is 4.79 Å². The summed E-state index contributed by atoms with van der Waals surface area (Å²) in [6, 6.07) is -1.01. The van der Waals surface area contributed by atoms with Gasteiger partial charge in [-0.2, -0.15) is 0 Å². The van der Waals surface area contributed by atoms with Gasteiger partial charge < -0.3 is 25.7 Å². The van der Waals surface area contributed by atoms with Gasteiger partial charge >= 0.3 is 0 Å². The molecule has 0 spiro atoms. The largest absolute Gasteiger partial charge is 0.394 e. The summed E-state index contributed by atoms with van der Waals surface area (Å²) in [4.78, 5) is 12.7. The van der Waals surface area contributed by atoms with Crippen LogP contribution < -0.4 is 5.32 Å². The molecule has 0 fully saturated rings. The van der Waals surface area contributed by atoms with Gasteiger partial charge in [-0.15, -0.1) is 0 Å². The number of hydrogen-bond acceptors (Lipinski definition) is 5. The van der Waals surface area contributed by atoms with Gasteiger partial charge in [0.15, 0.2) is 0 Å². The molecule has 6 heteroatoms. The third kappa shape index (κ3) is 60.8. The van der Waals surface area contributed by atoms with E-state index in [9.17, 15) is 25.2 Å². The zero-order chi connectivity index (χ0) is 58.0. The molecule has 0 radical (unpaired) electrons. The molecule has 4 atom stereocenters. The van der Waals surface area contributed by atoms with Crippen molar-refractivity contribution in [2.45, 2.75) is 411 Å². The van der Waals surface area contributed by atoms with Crippen molar-refractivity contribution in [3.8, 4) is 0 Å². The minimum Gasteiger partial charge on any atom is -0.394 e. The molecule has 1 amide bonds. The van der Waals surface area contributed by atoms with Crippen LogP contribution in [0.15, 0.2) is 48.6 Å². The zero-order valence-corrected chi connectivity index (χ0v) is 53.8. The molecule has 0 bridgehead atoms. The number of allylic oxidation sites excluding steroid dienone is 8. The van der Waals surface area contributed by atoms with E-state index in [0.717, 1.165) is 51.4 Å². The Morgan fingerprint density at radius 1 is 0.300 bits per heavy atom. The van der Waals surface area contributed by atoms with Crippen molar-refractivity contribution in [3.63, 3.8) is 0 Å². The quantitative estimate of drug-likeness (QED) is 0.0308. The van der Waals surface area contributed by atoms with Crippen molar-refractivity contribution in [1.29, 1.82) is 0 Å². The normalized spacial score (nSPS) is 13.7. The van der Waals surface area contributed by atoms with Crippen LogP contribution in [-0.2, 0) is 4.79 Å². The third-order valence-electron chi connectivity index (χ3n) is 17.0. The molecule has 0 aliphatic heterocycles. The van der Waals surface area contributed by atoms with Gasteiger partial charge in [-0.05, 0) is 89.9 Å². The van der Waals surface area contributed by atoms with Crippen molar-refractivity contribution in [1.82, 2.24) is 5.32 Å². The van der Waals surface area contributed by atoms with Crippen LogP contribution in [-0.4, -0.2) is 57.3 Å². The van der Waals surface area contributed by atoms with Gasteiger partial charge in [0, 0.05) is 0 Å². The van der Waals surface area contributed by atoms with Gasteiger partial charge in [0.25, 0.3) is 0 Å². The Hall–Kier alpha value is -1.73. The maximum absolute atomic E-state index is 12.7. The van der Waals surface area contributed by atoms with Crippen molar-refractivity contribution in [2.75, 3.05) is 6.61 Å². The molecule has 0 aromatic heterocycles. The summed E-state index contributed by atoms with van der Waals surface area (Å²) in [7, 11) is 0. The minimum atomic E-state index is -1.30. The number of nitrogens with one attached hydrogen (secondary N) is 1. The van der Waals surface area contributed by atoms with E-state index in [0.29, 0.717) is 19.3 Å². The van der Waals surface area contributed by atoms with Gasteiger partial charge in [0.1, 0.15) is 12.2 Å². The van der Waals surface area contributed by atoms with Gasteiger partial charge in [-0.25, -0.2) is 0 Å². The Morgan fingerprint density at radius 3 is 0.787 bits per heavy atom. The Labute approximate surface area is 500 Å². The molecule has 6 nitrogen and oxygen atoms in total. The summed E-state index contributed by atoms with van der Waals surface area (Å²) in [5.74, 6) is -0.594. The Morgan fingerprint density at radius 2 is 0.525 bits per heavy atom. The maximum atomic E-state index is 12.7. The van der Waals surface area contributed by atoms with Crippen molar-refractivity contribution in [2.24, 2.45) is 0 Å². The second-order valence-electron chi connectivity index (χ2n) is 24.9. The molecule has 0 aliphatic carbocycles. The summed E-state index contributed by atoms with van der Waals surface area (Å²) in [5.41, 5.74) is 0. The SMILES string of the molecule is CCCCCCCCCCCCCCCCC/C=C/CC/C=C/CC/C=C/CCCC(O)C(O)C(CO)NC(=O)C(O)CCCCCCCCCCCCCCCCCC/C=C\CCCCCCCCCCCCCCCCCC. The van der Waals surface area contributed by atoms with Crippen molar-refractivity contribution in [3.05, 3.63) is 48.6 Å². The lowest BCUT2D eigenvalue weighted by molar-refractivity contribution is -0.132. The van der Waals surface area contributed by atoms with Crippen LogP contribution in [0.4, 0.5) is 0 Å². The first-order chi connectivity index (χ1) is 39.5. The van der Waals surface area contributed by atoms with Crippen LogP contribution in [0.1, 0.15) is 386 Å². The number of hydrogen-bond donors (Lipinski definition) is 5. The summed E-state index contributed by atoms with van der Waals surface area (Å²) in [5, 5.41) is 44.2. The Kier molecular flexibility index (Phi) is 66.6. The van der Waals surface area contributed by atoms with E-state index in [2.05, 4.69) is 67.8 Å². The highest BCUT2D eigenvalue weighted by Crippen LogP contribution is 2.19. The minimum absolute atomic E-state index is 0.360. The van der Waals surface area contributed by atoms with E-state index in [4.69, 9.17) is 0 Å². The van der Waals surface area contributed by atoms with E-state index in [-0.39, 0.29) is 0 Å². The summed E-state index contributed by atoms with van der Waals surface area (Å²) in [6.07, 6.45) is 89.7. The van der Waals surface area contributed by atoms with Crippen LogP contribution in [0, 0.1) is 0 Å². The first-order valence-electron chi connectivity index (χ1n) is 36.0.